The SMILES string of the molecule is CC[C@H](C)[C@H]1C(=O)O[C@H](C(C)C)C(=O)N(C)[C@@H]([C@@H](C)CC)C(=O)O[C@H](C)C(=O)N(C)[C@@H]([C@@H](C)CC)C(=O)O[C@H](C)C(=O)N1C. The van der Waals surface area contributed by atoms with Crippen LogP contribution in [0.1, 0.15) is 88.5 Å². The van der Waals surface area contributed by atoms with Gasteiger partial charge >= 0.3 is 17.9 Å². The van der Waals surface area contributed by atoms with Crippen molar-refractivity contribution in [3.8, 4) is 0 Å². The van der Waals surface area contributed by atoms with E-state index in [2.05, 4.69) is 0 Å². The van der Waals surface area contributed by atoms with Crippen LogP contribution in [-0.2, 0) is 43.0 Å². The van der Waals surface area contributed by atoms with Crippen molar-refractivity contribution in [2.45, 2.75) is 125 Å². The molecular weight excluding hydrogens is 570 g/mol. The molecule has 12 heteroatoms. The Labute approximate surface area is 263 Å². The number of hydrogen-bond donors (Lipinski definition) is 0. The molecule has 0 aromatic rings. The molecule has 0 bridgehead atoms. The van der Waals surface area contributed by atoms with Crippen LogP contribution in [0.15, 0.2) is 0 Å². The molecular formula is C32H55N3O9. The number of carbonyl (C=O) groups excluding carboxylic acids is 6. The molecule has 252 valence electrons. The topological polar surface area (TPSA) is 140 Å². The van der Waals surface area contributed by atoms with Crippen molar-refractivity contribution in [3.63, 3.8) is 0 Å². The fraction of sp³-hybridized carbons (Fsp3) is 0.812. The molecule has 0 spiro atoms. The number of rotatable bonds is 7. The zero-order chi connectivity index (χ0) is 34.2. The lowest BCUT2D eigenvalue weighted by atomic mass is 9.95. The van der Waals surface area contributed by atoms with Gasteiger partial charge in [0.05, 0.1) is 0 Å². The van der Waals surface area contributed by atoms with Gasteiger partial charge in [0.1, 0.15) is 18.1 Å². The van der Waals surface area contributed by atoms with Crippen LogP contribution >= 0.6 is 0 Å². The summed E-state index contributed by atoms with van der Waals surface area (Å²) in [6.07, 6.45) is -2.32. The van der Waals surface area contributed by atoms with Gasteiger partial charge in [-0.3, -0.25) is 14.4 Å². The van der Waals surface area contributed by atoms with Crippen LogP contribution in [-0.4, -0.2) is 108 Å². The second kappa shape index (κ2) is 16.8. The Morgan fingerprint density at radius 3 is 1.07 bits per heavy atom. The summed E-state index contributed by atoms with van der Waals surface area (Å²) in [6.45, 7) is 17.1. The van der Waals surface area contributed by atoms with Gasteiger partial charge in [0, 0.05) is 21.1 Å². The molecule has 1 aliphatic heterocycles. The summed E-state index contributed by atoms with van der Waals surface area (Å²) in [4.78, 5) is 85.3. The maximum atomic E-state index is 13.9. The van der Waals surface area contributed by atoms with E-state index in [4.69, 9.17) is 14.2 Å². The third-order valence-corrected chi connectivity index (χ3v) is 8.94. The van der Waals surface area contributed by atoms with Gasteiger partial charge in [-0.1, -0.05) is 74.7 Å². The van der Waals surface area contributed by atoms with Gasteiger partial charge in [-0.15, -0.1) is 0 Å². The number of esters is 3. The molecule has 0 aliphatic carbocycles. The molecule has 0 radical (unpaired) electrons. The van der Waals surface area contributed by atoms with Crippen LogP contribution in [0.2, 0.25) is 0 Å². The van der Waals surface area contributed by atoms with Gasteiger partial charge in [0.2, 0.25) is 0 Å². The van der Waals surface area contributed by atoms with E-state index in [-0.39, 0.29) is 17.8 Å². The van der Waals surface area contributed by atoms with E-state index >= 15 is 0 Å². The summed E-state index contributed by atoms with van der Waals surface area (Å²) in [5.74, 6) is -5.83. The summed E-state index contributed by atoms with van der Waals surface area (Å²) in [7, 11) is 4.30. The van der Waals surface area contributed by atoms with Crippen molar-refractivity contribution in [1.29, 1.82) is 0 Å². The van der Waals surface area contributed by atoms with E-state index in [1.807, 2.05) is 20.8 Å². The summed E-state index contributed by atoms with van der Waals surface area (Å²) in [5, 5.41) is 0. The molecule has 44 heavy (non-hydrogen) atoms. The first kappa shape index (κ1) is 38.8. The van der Waals surface area contributed by atoms with Crippen LogP contribution in [0.4, 0.5) is 0 Å². The van der Waals surface area contributed by atoms with Gasteiger partial charge in [0.25, 0.3) is 17.7 Å². The number of ether oxygens (including phenoxy) is 3. The molecule has 1 fully saturated rings. The minimum absolute atomic E-state index is 0.364. The number of amides is 3. The molecule has 1 heterocycles. The summed E-state index contributed by atoms with van der Waals surface area (Å²) >= 11 is 0. The summed E-state index contributed by atoms with van der Waals surface area (Å²) in [6, 6.07) is -3.25. The predicted octanol–water partition coefficient (Wildman–Crippen LogP) is 3.05. The van der Waals surface area contributed by atoms with Crippen molar-refractivity contribution < 1.29 is 43.0 Å². The fourth-order valence-electron chi connectivity index (χ4n) is 5.43. The smallest absolute Gasteiger partial charge is 0.329 e. The van der Waals surface area contributed by atoms with E-state index in [0.29, 0.717) is 19.3 Å². The molecule has 1 aliphatic rings. The third kappa shape index (κ3) is 8.94. The maximum absolute atomic E-state index is 13.9. The first-order chi connectivity index (χ1) is 20.4. The van der Waals surface area contributed by atoms with E-state index in [1.165, 1.54) is 49.7 Å². The molecule has 9 atom stereocenters. The molecule has 0 unspecified atom stereocenters. The lowest BCUT2D eigenvalue weighted by Crippen LogP contribution is -2.57. The van der Waals surface area contributed by atoms with Crippen LogP contribution in [0.5, 0.6) is 0 Å². The maximum Gasteiger partial charge on any atom is 0.329 e. The third-order valence-electron chi connectivity index (χ3n) is 8.94. The number of carbonyl (C=O) groups is 6. The van der Waals surface area contributed by atoms with Crippen LogP contribution < -0.4 is 0 Å². The van der Waals surface area contributed by atoms with Gasteiger partial charge in [-0.25, -0.2) is 14.4 Å². The van der Waals surface area contributed by atoms with Crippen LogP contribution in [0.25, 0.3) is 0 Å². The number of hydrogen-bond acceptors (Lipinski definition) is 9. The highest BCUT2D eigenvalue weighted by atomic mass is 16.6. The number of cyclic esters (lactones) is 3. The first-order valence-electron chi connectivity index (χ1n) is 15.8. The highest BCUT2D eigenvalue weighted by molar-refractivity contribution is 5.93. The molecule has 0 saturated carbocycles. The highest BCUT2D eigenvalue weighted by Crippen LogP contribution is 2.24. The zero-order valence-corrected chi connectivity index (χ0v) is 28.9. The van der Waals surface area contributed by atoms with E-state index in [0.717, 1.165) is 0 Å². The van der Waals surface area contributed by atoms with Crippen LogP contribution in [0.3, 0.4) is 0 Å². The number of nitrogens with zero attached hydrogens (tertiary/aromatic N) is 3. The molecule has 0 N–H and O–H groups in total. The Bertz CT molecular complexity index is 1040. The van der Waals surface area contributed by atoms with E-state index < -0.39 is 78.0 Å². The van der Waals surface area contributed by atoms with Gasteiger partial charge in [-0.2, -0.15) is 0 Å². The highest BCUT2D eigenvalue weighted by Gasteiger charge is 2.44. The first-order valence-corrected chi connectivity index (χ1v) is 15.8. The van der Waals surface area contributed by atoms with Crippen molar-refractivity contribution in [3.05, 3.63) is 0 Å². The Balaban J connectivity index is 3.82. The van der Waals surface area contributed by atoms with Crippen molar-refractivity contribution >= 4 is 35.6 Å². The molecule has 0 aromatic carbocycles. The van der Waals surface area contributed by atoms with Crippen molar-refractivity contribution in [2.24, 2.45) is 23.7 Å². The Hall–Kier alpha value is -3.18. The minimum atomic E-state index is -1.29. The summed E-state index contributed by atoms with van der Waals surface area (Å²) < 4.78 is 17.0. The molecule has 1 saturated heterocycles. The Morgan fingerprint density at radius 2 is 0.795 bits per heavy atom. The minimum Gasteiger partial charge on any atom is -0.451 e. The molecule has 12 nitrogen and oxygen atoms in total. The van der Waals surface area contributed by atoms with Crippen molar-refractivity contribution in [1.82, 2.24) is 14.7 Å². The second-order valence-corrected chi connectivity index (χ2v) is 12.6. The lowest BCUT2D eigenvalue weighted by Gasteiger charge is -2.37. The Kier molecular flexibility index (Phi) is 14.8. The van der Waals surface area contributed by atoms with E-state index in [9.17, 15) is 28.8 Å². The summed E-state index contributed by atoms with van der Waals surface area (Å²) in [5.41, 5.74) is 0. The molecule has 0 aromatic heterocycles. The monoisotopic (exact) mass is 625 g/mol. The van der Waals surface area contributed by atoms with Crippen molar-refractivity contribution in [2.75, 3.05) is 21.1 Å². The average Bonchev–Trinajstić information content (AvgIpc) is 2.97. The second-order valence-electron chi connectivity index (χ2n) is 12.6. The number of likely N-dealkylation sites (N-methyl/N-ethyl adjacent to an activating group) is 3. The molecule has 3 amide bonds. The lowest BCUT2D eigenvalue weighted by molar-refractivity contribution is -0.179. The van der Waals surface area contributed by atoms with Gasteiger partial charge in [-0.05, 0) is 37.5 Å². The normalized spacial score (nSPS) is 29.5. The predicted molar refractivity (Wildman–Crippen MR) is 164 cm³/mol. The quantitative estimate of drug-likeness (QED) is 0.308. The van der Waals surface area contributed by atoms with Crippen LogP contribution in [0, 0.1) is 23.7 Å². The van der Waals surface area contributed by atoms with E-state index in [1.54, 1.807) is 34.6 Å². The van der Waals surface area contributed by atoms with Gasteiger partial charge in [0.15, 0.2) is 18.3 Å². The average molecular weight is 626 g/mol. The Morgan fingerprint density at radius 1 is 0.523 bits per heavy atom. The zero-order valence-electron chi connectivity index (χ0n) is 28.9. The van der Waals surface area contributed by atoms with Gasteiger partial charge < -0.3 is 28.9 Å². The molecule has 1 rings (SSSR count). The standard InChI is InChI=1S/C32H55N3O9/c1-14-18(6)23-30(39)42-22(10)28(37)34(12)25(20(8)16-3)32(41)44-26(17(4)5)29(38)35(13)24(19(7)15-2)31(40)43-21(9)27(36)33(23)11/h17-26H,14-16H2,1-13H3/t18-,19-,20-,21+,22+,23-,24-,25-,26+/m0/s1. The largest absolute Gasteiger partial charge is 0.451 e. The fourth-order valence-corrected chi connectivity index (χ4v) is 5.43.